The number of fused-ring (bicyclic) bond motifs is 1. The van der Waals surface area contributed by atoms with E-state index in [9.17, 15) is 0 Å². The average Bonchev–Trinajstić information content (AvgIpc) is 2.80. The van der Waals surface area contributed by atoms with Crippen LogP contribution in [0.2, 0.25) is 0 Å². The molecule has 2 nitrogen and oxygen atoms in total. The van der Waals surface area contributed by atoms with E-state index >= 15 is 0 Å². The summed E-state index contributed by atoms with van der Waals surface area (Å²) in [4.78, 5) is 0. The number of epoxide rings is 1. The van der Waals surface area contributed by atoms with Crippen molar-refractivity contribution in [2.75, 3.05) is 6.61 Å². The van der Waals surface area contributed by atoms with Crippen LogP contribution in [0.5, 0.6) is 5.75 Å². The predicted octanol–water partition coefficient (Wildman–Crippen LogP) is 2.65. The van der Waals surface area contributed by atoms with Crippen LogP contribution >= 0.6 is 0 Å². The summed E-state index contributed by atoms with van der Waals surface area (Å²) in [5, 5.41) is 0. The van der Waals surface area contributed by atoms with Gasteiger partial charge in [-0.25, -0.2) is 0 Å². The smallest absolute Gasteiger partial charge is 0.122 e. The largest absolute Gasteiger partial charge is 0.490 e. The van der Waals surface area contributed by atoms with Crippen molar-refractivity contribution in [1.82, 2.24) is 0 Å². The molecule has 0 N–H and O–H groups in total. The Labute approximate surface area is 96.6 Å². The van der Waals surface area contributed by atoms with Gasteiger partial charge in [0.25, 0.3) is 0 Å². The second-order valence-corrected chi connectivity index (χ2v) is 4.88. The van der Waals surface area contributed by atoms with E-state index in [0.717, 1.165) is 5.75 Å². The standard InChI is InChI=1S/C14H18O2/c1-9-6-7-13(12-5-3-4-11(9)12)15-8-14-10(2)16-14/h6-7,10,14H,3-5,8H2,1-2H3/t10?,14-/m0/s1. The molecule has 3 rings (SSSR count). The van der Waals surface area contributed by atoms with E-state index in [4.69, 9.17) is 9.47 Å². The maximum atomic E-state index is 5.87. The third-order valence-electron chi connectivity index (χ3n) is 3.72. The molecular formula is C14H18O2. The quantitative estimate of drug-likeness (QED) is 0.727. The third kappa shape index (κ3) is 1.71. The molecule has 1 saturated heterocycles. The van der Waals surface area contributed by atoms with Crippen molar-refractivity contribution in [2.24, 2.45) is 0 Å². The van der Waals surface area contributed by atoms with Gasteiger partial charge in [0.15, 0.2) is 0 Å². The summed E-state index contributed by atoms with van der Waals surface area (Å²) in [7, 11) is 0. The maximum Gasteiger partial charge on any atom is 0.122 e. The Morgan fingerprint density at radius 2 is 2.06 bits per heavy atom. The minimum absolute atomic E-state index is 0.318. The predicted molar refractivity (Wildman–Crippen MR) is 63.0 cm³/mol. The number of hydrogen-bond donors (Lipinski definition) is 0. The van der Waals surface area contributed by atoms with Crippen molar-refractivity contribution in [3.05, 3.63) is 28.8 Å². The number of ether oxygens (including phenoxy) is 2. The minimum Gasteiger partial charge on any atom is -0.490 e. The van der Waals surface area contributed by atoms with E-state index in [-0.39, 0.29) is 0 Å². The monoisotopic (exact) mass is 218 g/mol. The van der Waals surface area contributed by atoms with E-state index in [2.05, 4.69) is 26.0 Å². The Hall–Kier alpha value is -1.02. The van der Waals surface area contributed by atoms with Crippen molar-refractivity contribution in [3.63, 3.8) is 0 Å². The molecule has 0 radical (unpaired) electrons. The van der Waals surface area contributed by atoms with Gasteiger partial charge in [-0.1, -0.05) is 6.07 Å². The Kier molecular flexibility index (Phi) is 2.40. The van der Waals surface area contributed by atoms with Gasteiger partial charge in [0.1, 0.15) is 18.5 Å². The lowest BCUT2D eigenvalue weighted by molar-refractivity contribution is 0.259. The van der Waals surface area contributed by atoms with Crippen LogP contribution < -0.4 is 4.74 Å². The van der Waals surface area contributed by atoms with Crippen molar-refractivity contribution in [2.45, 2.75) is 45.3 Å². The van der Waals surface area contributed by atoms with E-state index in [1.807, 2.05) is 0 Å². The first-order chi connectivity index (χ1) is 7.75. The molecule has 1 aliphatic carbocycles. The van der Waals surface area contributed by atoms with Gasteiger partial charge in [-0.2, -0.15) is 0 Å². The van der Waals surface area contributed by atoms with Crippen LogP contribution in [0.1, 0.15) is 30.0 Å². The summed E-state index contributed by atoms with van der Waals surface area (Å²) in [6, 6.07) is 4.29. The fourth-order valence-corrected chi connectivity index (χ4v) is 2.56. The molecule has 1 heterocycles. The average molecular weight is 218 g/mol. The normalized spacial score (nSPS) is 26.6. The molecular weight excluding hydrogens is 200 g/mol. The number of benzene rings is 1. The van der Waals surface area contributed by atoms with Gasteiger partial charge >= 0.3 is 0 Å². The molecule has 86 valence electrons. The maximum absolute atomic E-state index is 5.87. The zero-order valence-electron chi connectivity index (χ0n) is 9.95. The molecule has 0 aromatic heterocycles. The lowest BCUT2D eigenvalue weighted by atomic mass is 10.0. The zero-order chi connectivity index (χ0) is 11.1. The second kappa shape index (κ2) is 3.77. The SMILES string of the molecule is Cc1ccc(OC[C@@H]2OC2C)c2c1CCC2. The summed E-state index contributed by atoms with van der Waals surface area (Å²) in [5.41, 5.74) is 4.37. The van der Waals surface area contributed by atoms with E-state index in [1.54, 1.807) is 0 Å². The molecule has 2 heteroatoms. The zero-order valence-corrected chi connectivity index (χ0v) is 9.95. The van der Waals surface area contributed by atoms with Gasteiger partial charge in [0.2, 0.25) is 0 Å². The Morgan fingerprint density at radius 3 is 2.81 bits per heavy atom. The Bertz CT molecular complexity index is 411. The van der Waals surface area contributed by atoms with Crippen LogP contribution in [0.3, 0.4) is 0 Å². The van der Waals surface area contributed by atoms with Crippen molar-refractivity contribution >= 4 is 0 Å². The molecule has 1 aliphatic heterocycles. The lowest BCUT2D eigenvalue weighted by Gasteiger charge is -2.11. The van der Waals surface area contributed by atoms with Gasteiger partial charge < -0.3 is 9.47 Å². The van der Waals surface area contributed by atoms with Crippen molar-refractivity contribution < 1.29 is 9.47 Å². The van der Waals surface area contributed by atoms with Gasteiger partial charge in [0.05, 0.1) is 6.10 Å². The summed E-state index contributed by atoms with van der Waals surface area (Å²) < 4.78 is 11.2. The fraction of sp³-hybridized carbons (Fsp3) is 0.571. The molecule has 1 unspecified atom stereocenters. The molecule has 1 fully saturated rings. The first kappa shape index (κ1) is 10.2. The number of hydrogen-bond acceptors (Lipinski definition) is 2. The van der Waals surface area contributed by atoms with E-state index in [1.165, 1.54) is 36.0 Å². The van der Waals surface area contributed by atoms with Crippen molar-refractivity contribution in [1.29, 1.82) is 0 Å². The highest BCUT2D eigenvalue weighted by Crippen LogP contribution is 2.33. The molecule has 2 atom stereocenters. The van der Waals surface area contributed by atoms with Crippen LogP contribution in [-0.4, -0.2) is 18.8 Å². The molecule has 1 aromatic carbocycles. The van der Waals surface area contributed by atoms with E-state index < -0.39 is 0 Å². The van der Waals surface area contributed by atoms with Gasteiger partial charge in [0, 0.05) is 0 Å². The number of rotatable bonds is 3. The molecule has 2 aliphatic rings. The van der Waals surface area contributed by atoms with E-state index in [0.29, 0.717) is 18.8 Å². The topological polar surface area (TPSA) is 21.8 Å². The minimum atomic E-state index is 0.318. The highest BCUT2D eigenvalue weighted by molar-refractivity contribution is 5.47. The first-order valence-electron chi connectivity index (χ1n) is 6.15. The lowest BCUT2D eigenvalue weighted by Crippen LogP contribution is -2.07. The highest BCUT2D eigenvalue weighted by Gasteiger charge is 2.35. The number of aryl methyl sites for hydroxylation is 1. The fourth-order valence-electron chi connectivity index (χ4n) is 2.56. The summed E-state index contributed by atoms with van der Waals surface area (Å²) in [6.07, 6.45) is 4.37. The summed E-state index contributed by atoms with van der Waals surface area (Å²) >= 11 is 0. The van der Waals surface area contributed by atoms with Crippen LogP contribution in [-0.2, 0) is 17.6 Å². The molecule has 0 amide bonds. The third-order valence-corrected chi connectivity index (χ3v) is 3.72. The van der Waals surface area contributed by atoms with Crippen LogP contribution in [0.4, 0.5) is 0 Å². The van der Waals surface area contributed by atoms with Crippen LogP contribution in [0.25, 0.3) is 0 Å². The Morgan fingerprint density at radius 1 is 1.31 bits per heavy atom. The van der Waals surface area contributed by atoms with Gasteiger partial charge in [-0.3, -0.25) is 0 Å². The molecule has 0 bridgehead atoms. The van der Waals surface area contributed by atoms with Crippen molar-refractivity contribution in [3.8, 4) is 5.75 Å². The summed E-state index contributed by atoms with van der Waals surface area (Å²) in [5.74, 6) is 1.08. The summed E-state index contributed by atoms with van der Waals surface area (Å²) in [6.45, 7) is 4.99. The van der Waals surface area contributed by atoms with Crippen LogP contribution in [0.15, 0.2) is 12.1 Å². The molecule has 0 spiro atoms. The van der Waals surface area contributed by atoms with Gasteiger partial charge in [-0.15, -0.1) is 0 Å². The first-order valence-corrected chi connectivity index (χ1v) is 6.15. The second-order valence-electron chi connectivity index (χ2n) is 4.88. The molecule has 1 aromatic rings. The molecule has 16 heavy (non-hydrogen) atoms. The highest BCUT2D eigenvalue weighted by atomic mass is 16.6. The Balaban J connectivity index is 1.77. The van der Waals surface area contributed by atoms with Gasteiger partial charge in [-0.05, 0) is 55.9 Å². The van der Waals surface area contributed by atoms with Crippen LogP contribution in [0, 0.1) is 6.92 Å². The molecule has 0 saturated carbocycles.